The predicted molar refractivity (Wildman–Crippen MR) is 68.9 cm³/mol. The molecule has 0 amide bonds. The van der Waals surface area contributed by atoms with Crippen molar-refractivity contribution in [1.29, 1.82) is 0 Å². The van der Waals surface area contributed by atoms with E-state index in [0.717, 1.165) is 12.2 Å². The van der Waals surface area contributed by atoms with Crippen LogP contribution in [0, 0.1) is 0 Å². The number of aromatic amines is 1. The number of thiophene rings is 1. The Kier molecular flexibility index (Phi) is 3.01. The largest absolute Gasteiger partial charge is 0.378 e. The number of H-pyrrole nitrogens is 1. The minimum absolute atomic E-state index is 0.249. The maximum absolute atomic E-state index is 3.89. The van der Waals surface area contributed by atoms with Crippen LogP contribution in [0.5, 0.6) is 0 Å². The Hall–Kier alpha value is -1.29. The van der Waals surface area contributed by atoms with Gasteiger partial charge in [-0.3, -0.25) is 5.10 Å². The van der Waals surface area contributed by atoms with Crippen LogP contribution in [0.15, 0.2) is 24.5 Å². The highest BCUT2D eigenvalue weighted by atomic mass is 32.1. The zero-order chi connectivity index (χ0) is 11.6. The molecular formula is C12H17N3S. The Morgan fingerprint density at radius 1 is 1.38 bits per heavy atom. The van der Waals surface area contributed by atoms with Crippen LogP contribution < -0.4 is 5.32 Å². The minimum Gasteiger partial charge on any atom is -0.378 e. The van der Waals surface area contributed by atoms with E-state index in [-0.39, 0.29) is 5.41 Å². The molecule has 86 valence electrons. The first-order valence-electron chi connectivity index (χ1n) is 5.37. The summed E-state index contributed by atoms with van der Waals surface area (Å²) in [6.07, 6.45) is 3.65. The summed E-state index contributed by atoms with van der Waals surface area (Å²) in [6.45, 7) is 7.59. The van der Waals surface area contributed by atoms with Gasteiger partial charge >= 0.3 is 0 Å². The number of anilines is 1. The van der Waals surface area contributed by atoms with Gasteiger partial charge in [0, 0.05) is 22.5 Å². The topological polar surface area (TPSA) is 40.7 Å². The summed E-state index contributed by atoms with van der Waals surface area (Å²) >= 11 is 1.87. The summed E-state index contributed by atoms with van der Waals surface area (Å²) < 4.78 is 0. The Balaban J connectivity index is 1.98. The van der Waals surface area contributed by atoms with Crippen LogP contribution >= 0.6 is 11.3 Å². The van der Waals surface area contributed by atoms with E-state index in [1.807, 2.05) is 17.5 Å². The smallest absolute Gasteiger partial charge is 0.0726 e. The highest BCUT2D eigenvalue weighted by Crippen LogP contribution is 2.29. The zero-order valence-corrected chi connectivity index (χ0v) is 10.7. The fraction of sp³-hybridized carbons (Fsp3) is 0.417. The van der Waals surface area contributed by atoms with Gasteiger partial charge in [-0.15, -0.1) is 11.3 Å². The van der Waals surface area contributed by atoms with Crippen LogP contribution in [0.25, 0.3) is 0 Å². The maximum atomic E-state index is 3.89. The molecule has 0 atom stereocenters. The lowest BCUT2D eigenvalue weighted by Gasteiger charge is -2.15. The van der Waals surface area contributed by atoms with E-state index in [1.54, 1.807) is 6.20 Å². The molecule has 0 aliphatic carbocycles. The van der Waals surface area contributed by atoms with E-state index in [2.05, 4.69) is 48.4 Å². The maximum Gasteiger partial charge on any atom is 0.0726 e. The van der Waals surface area contributed by atoms with Crippen molar-refractivity contribution >= 4 is 17.0 Å². The van der Waals surface area contributed by atoms with Gasteiger partial charge in [-0.2, -0.15) is 5.10 Å². The van der Waals surface area contributed by atoms with E-state index >= 15 is 0 Å². The molecule has 16 heavy (non-hydrogen) atoms. The average Bonchev–Trinajstić information content (AvgIpc) is 2.85. The van der Waals surface area contributed by atoms with Gasteiger partial charge in [-0.05, 0) is 17.5 Å². The van der Waals surface area contributed by atoms with Crippen LogP contribution in [0.2, 0.25) is 0 Å². The number of hydrogen-bond acceptors (Lipinski definition) is 3. The van der Waals surface area contributed by atoms with Crippen molar-refractivity contribution in [2.45, 2.75) is 32.7 Å². The third-order valence-corrected chi connectivity index (χ3v) is 3.88. The number of nitrogens with zero attached hydrogens (tertiary/aromatic N) is 1. The van der Waals surface area contributed by atoms with E-state index < -0.39 is 0 Å². The van der Waals surface area contributed by atoms with Crippen molar-refractivity contribution in [2.75, 3.05) is 5.32 Å². The average molecular weight is 235 g/mol. The molecular weight excluding hydrogens is 218 g/mol. The minimum atomic E-state index is 0.249. The van der Waals surface area contributed by atoms with Crippen LogP contribution in [-0.4, -0.2) is 10.2 Å². The molecule has 0 saturated carbocycles. The molecule has 4 heteroatoms. The first kappa shape index (κ1) is 11.2. The highest BCUT2D eigenvalue weighted by molar-refractivity contribution is 7.12. The van der Waals surface area contributed by atoms with Gasteiger partial charge in [0.2, 0.25) is 0 Å². The van der Waals surface area contributed by atoms with E-state index in [9.17, 15) is 0 Å². The summed E-state index contributed by atoms with van der Waals surface area (Å²) in [4.78, 5) is 2.78. The molecule has 0 unspecified atom stereocenters. The molecule has 2 N–H and O–H groups in total. The molecule has 0 fully saturated rings. The van der Waals surface area contributed by atoms with Crippen LogP contribution in [0.3, 0.4) is 0 Å². The van der Waals surface area contributed by atoms with Gasteiger partial charge < -0.3 is 5.32 Å². The highest BCUT2D eigenvalue weighted by Gasteiger charge is 2.15. The quantitative estimate of drug-likeness (QED) is 0.856. The van der Waals surface area contributed by atoms with Crippen molar-refractivity contribution < 1.29 is 0 Å². The third kappa shape index (κ3) is 2.64. The Morgan fingerprint density at radius 3 is 2.75 bits per heavy atom. The summed E-state index contributed by atoms with van der Waals surface area (Å²) in [5, 5.41) is 10.0. The van der Waals surface area contributed by atoms with E-state index in [1.165, 1.54) is 9.75 Å². The first-order chi connectivity index (χ1) is 7.55. The Morgan fingerprint density at radius 2 is 2.19 bits per heavy atom. The lowest BCUT2D eigenvalue weighted by molar-refractivity contribution is 0.604. The second-order valence-corrected chi connectivity index (χ2v) is 6.02. The SMILES string of the molecule is CC(C)(C)c1ccc(CNc2cn[nH]c2)s1. The molecule has 2 rings (SSSR count). The number of rotatable bonds is 3. The van der Waals surface area contributed by atoms with Crippen molar-refractivity contribution in [1.82, 2.24) is 10.2 Å². The summed E-state index contributed by atoms with van der Waals surface area (Å²) in [7, 11) is 0. The van der Waals surface area contributed by atoms with Crippen molar-refractivity contribution in [3.63, 3.8) is 0 Å². The molecule has 2 heterocycles. The fourth-order valence-corrected chi connectivity index (χ4v) is 2.42. The molecule has 3 nitrogen and oxygen atoms in total. The second kappa shape index (κ2) is 4.29. The van der Waals surface area contributed by atoms with E-state index in [0.29, 0.717) is 0 Å². The van der Waals surface area contributed by atoms with Gasteiger partial charge in [0.15, 0.2) is 0 Å². The van der Waals surface area contributed by atoms with Gasteiger partial charge in [-0.25, -0.2) is 0 Å². The van der Waals surface area contributed by atoms with Gasteiger partial charge in [0.05, 0.1) is 11.9 Å². The third-order valence-electron chi connectivity index (χ3n) is 2.37. The fourth-order valence-electron chi connectivity index (χ4n) is 1.41. The monoisotopic (exact) mass is 235 g/mol. The molecule has 2 aromatic rings. The summed E-state index contributed by atoms with van der Waals surface area (Å²) in [6, 6.07) is 4.41. The van der Waals surface area contributed by atoms with Gasteiger partial charge in [-0.1, -0.05) is 20.8 Å². The van der Waals surface area contributed by atoms with Crippen LogP contribution in [0.1, 0.15) is 30.5 Å². The number of hydrogen-bond donors (Lipinski definition) is 2. The molecule has 0 bridgehead atoms. The van der Waals surface area contributed by atoms with Gasteiger partial charge in [0.25, 0.3) is 0 Å². The molecule has 0 aromatic carbocycles. The second-order valence-electron chi connectivity index (χ2n) is 4.86. The summed E-state index contributed by atoms with van der Waals surface area (Å²) in [5.74, 6) is 0. The van der Waals surface area contributed by atoms with Gasteiger partial charge in [0.1, 0.15) is 0 Å². The first-order valence-corrected chi connectivity index (χ1v) is 6.19. The molecule has 0 aliphatic rings. The number of nitrogens with one attached hydrogen (secondary N) is 2. The lowest BCUT2D eigenvalue weighted by atomic mass is 9.95. The zero-order valence-electron chi connectivity index (χ0n) is 9.87. The van der Waals surface area contributed by atoms with Crippen molar-refractivity contribution in [2.24, 2.45) is 0 Å². The normalized spacial score (nSPS) is 11.7. The molecule has 0 radical (unpaired) electrons. The number of aromatic nitrogens is 2. The predicted octanol–water partition coefficient (Wildman–Crippen LogP) is 3.38. The molecule has 0 aliphatic heterocycles. The Labute approximate surface area is 99.9 Å². The Bertz CT molecular complexity index is 437. The molecule has 2 aromatic heterocycles. The van der Waals surface area contributed by atoms with E-state index in [4.69, 9.17) is 0 Å². The van der Waals surface area contributed by atoms with Crippen molar-refractivity contribution in [3.8, 4) is 0 Å². The standard InChI is InChI=1S/C12H17N3S/c1-12(2,3)11-5-4-10(16-11)8-13-9-6-14-15-7-9/h4-7,13H,8H2,1-3H3,(H,14,15). The summed E-state index contributed by atoms with van der Waals surface area (Å²) in [5.41, 5.74) is 1.28. The van der Waals surface area contributed by atoms with Crippen LogP contribution in [0.4, 0.5) is 5.69 Å². The molecule has 0 spiro atoms. The molecule has 0 saturated heterocycles. The van der Waals surface area contributed by atoms with Crippen molar-refractivity contribution in [3.05, 3.63) is 34.3 Å². The lowest BCUT2D eigenvalue weighted by Crippen LogP contribution is -2.07. The van der Waals surface area contributed by atoms with Crippen LogP contribution in [-0.2, 0) is 12.0 Å².